The van der Waals surface area contributed by atoms with E-state index in [1.165, 1.54) is 25.1 Å². The van der Waals surface area contributed by atoms with Gasteiger partial charge in [0.2, 0.25) is 16.0 Å². The van der Waals surface area contributed by atoms with Crippen molar-refractivity contribution in [3.63, 3.8) is 0 Å². The number of nitrogens with two attached hydrogens (primary N) is 1. The van der Waals surface area contributed by atoms with E-state index in [0.29, 0.717) is 33.3 Å². The van der Waals surface area contributed by atoms with Crippen LogP contribution in [0.25, 0.3) is 10.6 Å². The van der Waals surface area contributed by atoms with Gasteiger partial charge >= 0.3 is 0 Å². The number of nitrogens with zero attached hydrogens (tertiary/aromatic N) is 3. The number of H-pyrrole nitrogens is 1. The van der Waals surface area contributed by atoms with Crippen LogP contribution < -0.4 is 10.5 Å². The lowest BCUT2D eigenvalue weighted by atomic mass is 10.3. The van der Waals surface area contributed by atoms with E-state index in [9.17, 15) is 8.42 Å². The van der Waals surface area contributed by atoms with Crippen molar-refractivity contribution in [1.82, 2.24) is 20.2 Å². The molecule has 0 radical (unpaired) electrons. The number of hydrogen-bond donors (Lipinski definition) is 3. The molecule has 3 aromatic heterocycles. The van der Waals surface area contributed by atoms with Gasteiger partial charge in [0.25, 0.3) is 0 Å². The Bertz CT molecular complexity index is 1040. The van der Waals surface area contributed by atoms with Gasteiger partial charge < -0.3 is 5.32 Å². The fourth-order valence-electron chi connectivity index (χ4n) is 2.32. The van der Waals surface area contributed by atoms with Crippen LogP contribution in [0, 0.1) is 0 Å². The molecular formula is C14H13ClN6O2S2. The minimum atomic E-state index is -3.76. The molecule has 0 amide bonds. The molecule has 1 aliphatic carbocycles. The Morgan fingerprint density at radius 3 is 2.84 bits per heavy atom. The standard InChI is InChI=1S/C14H13ClN6O2S2/c15-8-6-17-14(18-11-5-9(20-21-11)7-1-2-7)19-13(8)10-3-4-12(24-10)25(16,22)23/h3-7H,1-2H2,(H2,16,22,23)(H2,17,18,19,20,21). The van der Waals surface area contributed by atoms with Crippen molar-refractivity contribution in [2.24, 2.45) is 5.14 Å². The van der Waals surface area contributed by atoms with Crippen molar-refractivity contribution < 1.29 is 8.42 Å². The molecule has 8 nitrogen and oxygen atoms in total. The highest BCUT2D eigenvalue weighted by Crippen LogP contribution is 2.39. The minimum Gasteiger partial charge on any atom is -0.307 e. The van der Waals surface area contributed by atoms with Crippen LogP contribution >= 0.6 is 22.9 Å². The first-order valence-electron chi connectivity index (χ1n) is 7.38. The fourth-order valence-corrected chi connectivity index (χ4v) is 4.30. The van der Waals surface area contributed by atoms with Gasteiger partial charge in [0.05, 0.1) is 16.1 Å². The van der Waals surface area contributed by atoms with Crippen LogP contribution in [0.1, 0.15) is 24.5 Å². The summed E-state index contributed by atoms with van der Waals surface area (Å²) in [5.41, 5.74) is 1.52. The summed E-state index contributed by atoms with van der Waals surface area (Å²) in [5, 5.41) is 15.7. The number of halogens is 1. The van der Waals surface area contributed by atoms with Crippen molar-refractivity contribution >= 4 is 44.7 Å². The number of rotatable bonds is 5. The second-order valence-electron chi connectivity index (χ2n) is 5.66. The van der Waals surface area contributed by atoms with E-state index >= 15 is 0 Å². The van der Waals surface area contributed by atoms with Gasteiger partial charge in [-0.25, -0.2) is 23.5 Å². The minimum absolute atomic E-state index is 0.0491. The first-order chi connectivity index (χ1) is 11.9. The monoisotopic (exact) mass is 396 g/mol. The average Bonchev–Trinajstić information content (AvgIpc) is 3.09. The van der Waals surface area contributed by atoms with Crippen molar-refractivity contribution in [2.45, 2.75) is 23.0 Å². The molecule has 1 aliphatic rings. The summed E-state index contributed by atoms with van der Waals surface area (Å²) in [6.07, 6.45) is 3.80. The van der Waals surface area contributed by atoms with Crippen molar-refractivity contribution in [1.29, 1.82) is 0 Å². The molecule has 11 heteroatoms. The third-order valence-corrected chi connectivity index (χ3v) is 6.50. The SMILES string of the molecule is NS(=O)(=O)c1ccc(-c2nc(Nc3cc(C4CC4)[nH]n3)ncc2Cl)s1. The summed E-state index contributed by atoms with van der Waals surface area (Å²) in [7, 11) is -3.76. The zero-order chi connectivity index (χ0) is 17.6. The van der Waals surface area contributed by atoms with Crippen molar-refractivity contribution in [3.8, 4) is 10.6 Å². The highest BCUT2D eigenvalue weighted by Gasteiger charge is 2.25. The normalized spacial score (nSPS) is 14.6. The van der Waals surface area contributed by atoms with E-state index in [1.807, 2.05) is 6.07 Å². The molecule has 0 bridgehead atoms. The fraction of sp³-hybridized carbons (Fsp3) is 0.214. The van der Waals surface area contributed by atoms with Gasteiger partial charge in [-0.1, -0.05) is 11.6 Å². The molecule has 0 unspecified atom stereocenters. The third-order valence-electron chi connectivity index (χ3n) is 3.69. The van der Waals surface area contributed by atoms with Gasteiger partial charge in [0.1, 0.15) is 9.90 Å². The quantitative estimate of drug-likeness (QED) is 0.608. The van der Waals surface area contributed by atoms with Gasteiger partial charge in [-0.3, -0.25) is 5.10 Å². The summed E-state index contributed by atoms with van der Waals surface area (Å²) in [6, 6.07) is 4.97. The van der Waals surface area contributed by atoms with Crippen LogP contribution in [-0.2, 0) is 10.0 Å². The van der Waals surface area contributed by atoms with E-state index in [1.54, 1.807) is 6.07 Å². The van der Waals surface area contributed by atoms with Crippen LogP contribution in [-0.4, -0.2) is 28.6 Å². The molecule has 3 heterocycles. The number of nitrogens with one attached hydrogen (secondary N) is 2. The highest BCUT2D eigenvalue weighted by molar-refractivity contribution is 7.91. The number of hydrogen-bond acceptors (Lipinski definition) is 7. The highest BCUT2D eigenvalue weighted by atomic mass is 35.5. The summed E-state index contributed by atoms with van der Waals surface area (Å²) >= 11 is 7.16. The predicted molar refractivity (Wildman–Crippen MR) is 95.6 cm³/mol. The molecule has 0 aliphatic heterocycles. The Morgan fingerprint density at radius 1 is 1.36 bits per heavy atom. The maximum absolute atomic E-state index is 11.4. The molecular weight excluding hydrogens is 384 g/mol. The third kappa shape index (κ3) is 3.52. The second-order valence-corrected chi connectivity index (χ2v) is 8.94. The zero-order valence-corrected chi connectivity index (χ0v) is 15.1. The predicted octanol–water partition coefficient (Wildman–Crippen LogP) is 2.85. The number of sulfonamides is 1. The molecule has 0 aromatic carbocycles. The topological polar surface area (TPSA) is 127 Å². The maximum atomic E-state index is 11.4. The van der Waals surface area contributed by atoms with Crippen LogP contribution in [0.3, 0.4) is 0 Å². The Balaban J connectivity index is 1.62. The molecule has 0 atom stereocenters. The molecule has 4 rings (SSSR count). The average molecular weight is 397 g/mol. The molecule has 1 fully saturated rings. The molecule has 25 heavy (non-hydrogen) atoms. The molecule has 3 aromatic rings. The largest absolute Gasteiger partial charge is 0.307 e. The smallest absolute Gasteiger partial charge is 0.247 e. The van der Waals surface area contributed by atoms with Crippen LogP contribution in [0.5, 0.6) is 0 Å². The molecule has 1 saturated carbocycles. The Labute approximate surface area is 152 Å². The van der Waals surface area contributed by atoms with Crippen molar-refractivity contribution in [3.05, 3.63) is 35.1 Å². The second kappa shape index (κ2) is 6.06. The van der Waals surface area contributed by atoms with Crippen molar-refractivity contribution in [2.75, 3.05) is 5.32 Å². The van der Waals surface area contributed by atoms with Gasteiger partial charge in [-0.2, -0.15) is 5.10 Å². The lowest BCUT2D eigenvalue weighted by molar-refractivity contribution is 0.600. The van der Waals surface area contributed by atoms with Crippen LogP contribution in [0.2, 0.25) is 5.02 Å². The van der Waals surface area contributed by atoms with E-state index in [2.05, 4.69) is 25.5 Å². The van der Waals surface area contributed by atoms with Gasteiger partial charge in [-0.15, -0.1) is 11.3 Å². The van der Waals surface area contributed by atoms with E-state index in [0.717, 1.165) is 17.0 Å². The molecule has 0 saturated heterocycles. The molecule has 0 spiro atoms. The summed E-state index contributed by atoms with van der Waals surface area (Å²) in [6.45, 7) is 0. The summed E-state index contributed by atoms with van der Waals surface area (Å²) in [4.78, 5) is 9.09. The van der Waals surface area contributed by atoms with Gasteiger partial charge in [0.15, 0.2) is 5.82 Å². The van der Waals surface area contributed by atoms with Gasteiger partial charge in [0, 0.05) is 17.7 Å². The van der Waals surface area contributed by atoms with Crippen LogP contribution in [0.15, 0.2) is 28.6 Å². The Morgan fingerprint density at radius 2 is 2.16 bits per heavy atom. The summed E-state index contributed by atoms with van der Waals surface area (Å²) < 4.78 is 22.9. The number of primary sulfonamides is 1. The first-order valence-corrected chi connectivity index (χ1v) is 10.1. The molecule has 130 valence electrons. The Kier molecular flexibility index (Phi) is 3.99. The lowest BCUT2D eigenvalue weighted by Crippen LogP contribution is -2.09. The first kappa shape index (κ1) is 16.5. The van der Waals surface area contributed by atoms with E-state index < -0.39 is 10.0 Å². The lowest BCUT2D eigenvalue weighted by Gasteiger charge is -2.04. The number of aromatic amines is 1. The summed E-state index contributed by atoms with van der Waals surface area (Å²) in [5.74, 6) is 1.50. The van der Waals surface area contributed by atoms with E-state index in [-0.39, 0.29) is 4.21 Å². The molecule has 4 N–H and O–H groups in total. The Hall–Kier alpha value is -2.01. The van der Waals surface area contributed by atoms with E-state index in [4.69, 9.17) is 16.7 Å². The number of aromatic nitrogens is 4. The number of thiophene rings is 1. The maximum Gasteiger partial charge on any atom is 0.247 e. The van der Waals surface area contributed by atoms with Crippen LogP contribution in [0.4, 0.5) is 11.8 Å². The number of anilines is 2. The zero-order valence-electron chi connectivity index (χ0n) is 12.7. The van der Waals surface area contributed by atoms with Gasteiger partial charge in [-0.05, 0) is 25.0 Å².